The maximum Gasteiger partial charge on any atom is 0.241 e. The first-order chi connectivity index (χ1) is 8.08. The molecule has 5 heteroatoms. The number of benzene rings is 1. The number of hydrogen-bond donors (Lipinski definition) is 4. The standard InChI is InChI=1S/C12H18N2O3/c1-8-2-4-9(5-3-8)11(13)12(17)14-10(6-15)7-16/h2-5,10-11,15-16H,6-7,13H2,1H3,(H,14,17). The normalized spacial score (nSPS) is 12.5. The van der Waals surface area contributed by atoms with Crippen molar-refractivity contribution in [3.8, 4) is 0 Å². The minimum atomic E-state index is -0.795. The third kappa shape index (κ3) is 3.81. The Morgan fingerprint density at radius 1 is 1.29 bits per heavy atom. The van der Waals surface area contributed by atoms with Crippen LogP contribution in [0, 0.1) is 6.92 Å². The Kier molecular flexibility index (Phi) is 5.09. The zero-order chi connectivity index (χ0) is 12.8. The van der Waals surface area contributed by atoms with E-state index in [1.54, 1.807) is 12.1 Å². The van der Waals surface area contributed by atoms with Crippen molar-refractivity contribution in [2.24, 2.45) is 5.73 Å². The van der Waals surface area contributed by atoms with E-state index in [1.165, 1.54) is 0 Å². The number of rotatable bonds is 5. The Labute approximate surface area is 100 Å². The summed E-state index contributed by atoms with van der Waals surface area (Å²) in [4.78, 5) is 11.7. The Morgan fingerprint density at radius 3 is 2.29 bits per heavy atom. The molecule has 5 nitrogen and oxygen atoms in total. The highest BCUT2D eigenvalue weighted by molar-refractivity contribution is 5.83. The van der Waals surface area contributed by atoms with Gasteiger partial charge in [0, 0.05) is 0 Å². The number of nitrogens with two attached hydrogens (primary N) is 1. The Hall–Kier alpha value is -1.43. The van der Waals surface area contributed by atoms with E-state index in [1.807, 2.05) is 19.1 Å². The summed E-state index contributed by atoms with van der Waals surface area (Å²) < 4.78 is 0. The van der Waals surface area contributed by atoms with Crippen molar-refractivity contribution in [2.45, 2.75) is 19.0 Å². The Balaban J connectivity index is 2.66. The van der Waals surface area contributed by atoms with Crippen molar-refractivity contribution >= 4 is 5.91 Å². The SMILES string of the molecule is Cc1ccc(C(N)C(=O)NC(CO)CO)cc1. The number of aryl methyl sites for hydroxylation is 1. The van der Waals surface area contributed by atoms with E-state index in [9.17, 15) is 4.79 Å². The van der Waals surface area contributed by atoms with E-state index in [4.69, 9.17) is 15.9 Å². The maximum absolute atomic E-state index is 11.7. The fourth-order valence-electron chi connectivity index (χ4n) is 1.37. The number of hydrogen-bond acceptors (Lipinski definition) is 4. The molecule has 0 fully saturated rings. The molecule has 0 aliphatic heterocycles. The maximum atomic E-state index is 11.7. The molecule has 1 aromatic carbocycles. The van der Waals surface area contributed by atoms with Gasteiger partial charge in [0.05, 0.1) is 19.3 Å². The van der Waals surface area contributed by atoms with Crippen LogP contribution in [0.5, 0.6) is 0 Å². The first-order valence-electron chi connectivity index (χ1n) is 5.42. The Bertz CT molecular complexity index is 361. The molecule has 1 aromatic rings. The summed E-state index contributed by atoms with van der Waals surface area (Å²) in [6, 6.07) is 5.85. The third-order valence-corrected chi connectivity index (χ3v) is 2.51. The van der Waals surface area contributed by atoms with Crippen molar-refractivity contribution in [1.82, 2.24) is 5.32 Å². The summed E-state index contributed by atoms with van der Waals surface area (Å²) in [6.07, 6.45) is 0. The topological polar surface area (TPSA) is 95.6 Å². The number of aliphatic hydroxyl groups is 2. The van der Waals surface area contributed by atoms with E-state index >= 15 is 0 Å². The van der Waals surface area contributed by atoms with Crippen LogP contribution < -0.4 is 11.1 Å². The van der Waals surface area contributed by atoms with Crippen molar-refractivity contribution in [2.75, 3.05) is 13.2 Å². The highest BCUT2D eigenvalue weighted by atomic mass is 16.3. The lowest BCUT2D eigenvalue weighted by molar-refractivity contribution is -0.123. The van der Waals surface area contributed by atoms with E-state index in [-0.39, 0.29) is 13.2 Å². The van der Waals surface area contributed by atoms with E-state index < -0.39 is 18.0 Å². The Morgan fingerprint density at radius 2 is 1.82 bits per heavy atom. The molecule has 5 N–H and O–H groups in total. The minimum absolute atomic E-state index is 0.317. The molecule has 0 saturated heterocycles. The van der Waals surface area contributed by atoms with Crippen molar-refractivity contribution in [3.05, 3.63) is 35.4 Å². The smallest absolute Gasteiger partial charge is 0.241 e. The lowest BCUT2D eigenvalue weighted by atomic mass is 10.1. The van der Waals surface area contributed by atoms with Gasteiger partial charge in [-0.15, -0.1) is 0 Å². The average molecular weight is 238 g/mol. The molecular weight excluding hydrogens is 220 g/mol. The average Bonchev–Trinajstić information content (AvgIpc) is 2.35. The number of nitrogens with one attached hydrogen (secondary N) is 1. The van der Waals surface area contributed by atoms with Gasteiger partial charge in [0.2, 0.25) is 5.91 Å². The molecule has 1 unspecified atom stereocenters. The monoisotopic (exact) mass is 238 g/mol. The van der Waals surface area contributed by atoms with Crippen molar-refractivity contribution in [3.63, 3.8) is 0 Å². The molecule has 0 bridgehead atoms. The molecule has 1 rings (SSSR count). The van der Waals surface area contributed by atoms with Gasteiger partial charge >= 0.3 is 0 Å². The molecule has 17 heavy (non-hydrogen) atoms. The number of carbonyl (C=O) groups excluding carboxylic acids is 1. The fourth-order valence-corrected chi connectivity index (χ4v) is 1.37. The van der Waals surface area contributed by atoms with E-state index in [0.29, 0.717) is 5.56 Å². The molecule has 0 aliphatic rings. The second-order valence-electron chi connectivity index (χ2n) is 3.96. The molecule has 0 aliphatic carbocycles. The lowest BCUT2D eigenvalue weighted by Crippen LogP contribution is -2.44. The van der Waals surface area contributed by atoms with Crippen LogP contribution in [-0.2, 0) is 4.79 Å². The van der Waals surface area contributed by atoms with Gasteiger partial charge in [-0.1, -0.05) is 29.8 Å². The molecule has 0 saturated carbocycles. The first-order valence-corrected chi connectivity index (χ1v) is 5.42. The number of amides is 1. The zero-order valence-electron chi connectivity index (χ0n) is 9.76. The molecule has 0 heterocycles. The van der Waals surface area contributed by atoms with Crippen LogP contribution >= 0.6 is 0 Å². The quantitative estimate of drug-likeness (QED) is 0.554. The predicted molar refractivity (Wildman–Crippen MR) is 64.2 cm³/mol. The molecule has 0 spiro atoms. The highest BCUT2D eigenvalue weighted by Crippen LogP contribution is 2.11. The first kappa shape index (κ1) is 13.6. The molecular formula is C12H18N2O3. The van der Waals surface area contributed by atoms with Gasteiger partial charge < -0.3 is 21.3 Å². The van der Waals surface area contributed by atoms with Gasteiger partial charge in [-0.2, -0.15) is 0 Å². The fraction of sp³-hybridized carbons (Fsp3) is 0.417. The molecule has 0 radical (unpaired) electrons. The second-order valence-corrected chi connectivity index (χ2v) is 3.96. The van der Waals surface area contributed by atoms with Gasteiger partial charge in [0.25, 0.3) is 0 Å². The van der Waals surface area contributed by atoms with Crippen LogP contribution in [0.3, 0.4) is 0 Å². The lowest BCUT2D eigenvalue weighted by Gasteiger charge is -2.17. The van der Waals surface area contributed by atoms with Gasteiger partial charge in [0.1, 0.15) is 6.04 Å². The van der Waals surface area contributed by atoms with Crippen LogP contribution in [0.1, 0.15) is 17.2 Å². The van der Waals surface area contributed by atoms with E-state index in [0.717, 1.165) is 5.56 Å². The van der Waals surface area contributed by atoms with Gasteiger partial charge in [0.15, 0.2) is 0 Å². The summed E-state index contributed by atoms with van der Waals surface area (Å²) in [7, 11) is 0. The van der Waals surface area contributed by atoms with Crippen molar-refractivity contribution < 1.29 is 15.0 Å². The van der Waals surface area contributed by atoms with Gasteiger partial charge in [-0.3, -0.25) is 4.79 Å². The number of carbonyl (C=O) groups is 1. The van der Waals surface area contributed by atoms with Crippen LogP contribution in [0.2, 0.25) is 0 Å². The van der Waals surface area contributed by atoms with Crippen molar-refractivity contribution in [1.29, 1.82) is 0 Å². The van der Waals surface area contributed by atoms with Crippen LogP contribution in [-0.4, -0.2) is 35.4 Å². The molecule has 1 amide bonds. The third-order valence-electron chi connectivity index (χ3n) is 2.51. The van der Waals surface area contributed by atoms with Crippen LogP contribution in [0.15, 0.2) is 24.3 Å². The predicted octanol–water partition coefficient (Wildman–Crippen LogP) is -0.536. The summed E-state index contributed by atoms with van der Waals surface area (Å²) in [5.74, 6) is -0.415. The zero-order valence-corrected chi connectivity index (χ0v) is 9.76. The summed E-state index contributed by atoms with van der Waals surface area (Å²) in [5, 5.41) is 20.2. The van der Waals surface area contributed by atoms with Crippen LogP contribution in [0.4, 0.5) is 0 Å². The molecule has 0 aromatic heterocycles. The molecule has 94 valence electrons. The van der Waals surface area contributed by atoms with E-state index in [2.05, 4.69) is 5.32 Å². The van der Waals surface area contributed by atoms with Crippen LogP contribution in [0.25, 0.3) is 0 Å². The summed E-state index contributed by atoms with van der Waals surface area (Å²) in [5.41, 5.74) is 7.56. The minimum Gasteiger partial charge on any atom is -0.394 e. The second kappa shape index (κ2) is 6.34. The highest BCUT2D eigenvalue weighted by Gasteiger charge is 2.18. The van der Waals surface area contributed by atoms with Gasteiger partial charge in [-0.25, -0.2) is 0 Å². The number of aliphatic hydroxyl groups excluding tert-OH is 2. The summed E-state index contributed by atoms with van der Waals surface area (Å²) >= 11 is 0. The van der Waals surface area contributed by atoms with Gasteiger partial charge in [-0.05, 0) is 12.5 Å². The summed E-state index contributed by atoms with van der Waals surface area (Å²) in [6.45, 7) is 1.31. The molecule has 1 atom stereocenters. The largest absolute Gasteiger partial charge is 0.394 e.